The summed E-state index contributed by atoms with van der Waals surface area (Å²) in [6.07, 6.45) is 2.14. The highest BCUT2D eigenvalue weighted by Gasteiger charge is 2.02. The Balaban J connectivity index is 0.00000529. The summed E-state index contributed by atoms with van der Waals surface area (Å²) in [5.41, 5.74) is 2.78. The summed E-state index contributed by atoms with van der Waals surface area (Å²) in [4.78, 5) is 4.49. The highest BCUT2D eigenvalue weighted by Crippen LogP contribution is 2.15. The lowest BCUT2D eigenvalue weighted by molar-refractivity contribution is 0.241. The molecule has 3 N–H and O–H groups in total. The van der Waals surface area contributed by atoms with E-state index in [1.165, 1.54) is 11.1 Å². The van der Waals surface area contributed by atoms with Crippen LogP contribution in [0.1, 0.15) is 51.2 Å². The van der Waals surface area contributed by atoms with Crippen LogP contribution in [0.2, 0.25) is 0 Å². The minimum Gasteiger partial charge on any atom is -0.396 e. The van der Waals surface area contributed by atoms with Crippen LogP contribution >= 0.6 is 24.0 Å². The molecule has 138 valence electrons. The molecule has 1 aromatic rings. The molecule has 0 amide bonds. The molecule has 0 aliphatic carbocycles. The zero-order valence-corrected chi connectivity index (χ0v) is 17.8. The average Bonchev–Trinajstić information content (AvgIpc) is 2.56. The first-order valence-corrected chi connectivity index (χ1v) is 8.78. The zero-order valence-electron chi connectivity index (χ0n) is 15.5. The Morgan fingerprint density at radius 1 is 1.12 bits per heavy atom. The summed E-state index contributed by atoms with van der Waals surface area (Å²) in [7, 11) is 0. The molecule has 4 nitrogen and oxygen atoms in total. The van der Waals surface area contributed by atoms with E-state index in [2.05, 4.69) is 60.7 Å². The molecule has 0 radical (unpaired) electrons. The number of halogens is 1. The lowest BCUT2D eigenvalue weighted by Crippen LogP contribution is -2.38. The molecule has 0 bridgehead atoms. The molecule has 0 aliphatic rings. The van der Waals surface area contributed by atoms with E-state index in [1.807, 2.05) is 6.92 Å². The van der Waals surface area contributed by atoms with E-state index >= 15 is 0 Å². The molecule has 0 aromatic heterocycles. The van der Waals surface area contributed by atoms with Crippen molar-refractivity contribution >= 4 is 29.9 Å². The summed E-state index contributed by atoms with van der Waals surface area (Å²) >= 11 is 0. The van der Waals surface area contributed by atoms with E-state index in [-0.39, 0.29) is 36.5 Å². The molecule has 1 atom stereocenters. The van der Waals surface area contributed by atoms with Crippen molar-refractivity contribution in [3.05, 3.63) is 35.4 Å². The van der Waals surface area contributed by atoms with E-state index in [0.29, 0.717) is 12.5 Å². The van der Waals surface area contributed by atoms with Gasteiger partial charge in [-0.15, -0.1) is 24.0 Å². The fourth-order valence-electron chi connectivity index (χ4n) is 2.22. The Hall–Kier alpha value is -0.820. The summed E-state index contributed by atoms with van der Waals surface area (Å²) in [5, 5.41) is 15.7. The van der Waals surface area contributed by atoms with Crippen molar-refractivity contribution in [3.8, 4) is 0 Å². The van der Waals surface area contributed by atoms with Crippen LogP contribution in [0.25, 0.3) is 0 Å². The molecular weight excluding hydrogens is 413 g/mol. The van der Waals surface area contributed by atoms with Gasteiger partial charge in [-0.25, -0.2) is 0 Å². The van der Waals surface area contributed by atoms with Crippen molar-refractivity contribution in [2.75, 3.05) is 26.2 Å². The number of aliphatic hydroxyl groups is 1. The molecule has 1 unspecified atom stereocenters. The fourth-order valence-corrected chi connectivity index (χ4v) is 2.22. The largest absolute Gasteiger partial charge is 0.396 e. The van der Waals surface area contributed by atoms with Gasteiger partial charge in [0.05, 0.1) is 0 Å². The van der Waals surface area contributed by atoms with E-state index in [9.17, 15) is 0 Å². The van der Waals surface area contributed by atoms with Crippen molar-refractivity contribution in [3.63, 3.8) is 0 Å². The average molecular weight is 447 g/mol. The van der Waals surface area contributed by atoms with Gasteiger partial charge in [0.25, 0.3) is 0 Å². The van der Waals surface area contributed by atoms with Crippen LogP contribution in [0.4, 0.5) is 0 Å². The van der Waals surface area contributed by atoms with Crippen molar-refractivity contribution in [2.24, 2.45) is 10.9 Å². The first-order chi connectivity index (χ1) is 11.1. The molecule has 0 saturated carbocycles. The Kier molecular flexibility index (Phi) is 13.0. The van der Waals surface area contributed by atoms with E-state index in [1.54, 1.807) is 0 Å². The molecular formula is C19H34IN3O. The fraction of sp³-hybridized carbons (Fsp3) is 0.632. The van der Waals surface area contributed by atoms with Crippen LogP contribution < -0.4 is 10.6 Å². The minimum absolute atomic E-state index is 0. The molecule has 1 aromatic carbocycles. The topological polar surface area (TPSA) is 56.7 Å². The zero-order chi connectivity index (χ0) is 17.1. The van der Waals surface area contributed by atoms with Crippen LogP contribution in [0.3, 0.4) is 0 Å². The maximum Gasteiger partial charge on any atom is 0.191 e. The quantitative estimate of drug-likeness (QED) is 0.235. The predicted molar refractivity (Wildman–Crippen MR) is 114 cm³/mol. The highest BCUT2D eigenvalue weighted by molar-refractivity contribution is 14.0. The van der Waals surface area contributed by atoms with E-state index in [0.717, 1.165) is 31.9 Å². The van der Waals surface area contributed by atoms with Gasteiger partial charge in [-0.1, -0.05) is 45.0 Å². The summed E-state index contributed by atoms with van der Waals surface area (Å²) < 4.78 is 0. The van der Waals surface area contributed by atoms with Crippen molar-refractivity contribution in [1.29, 1.82) is 0 Å². The molecule has 0 heterocycles. The van der Waals surface area contributed by atoms with Gasteiger partial charge in [0, 0.05) is 26.2 Å². The number of benzene rings is 1. The molecule has 0 spiro atoms. The van der Waals surface area contributed by atoms with E-state index in [4.69, 9.17) is 5.11 Å². The van der Waals surface area contributed by atoms with Gasteiger partial charge in [-0.05, 0) is 42.7 Å². The maximum absolute atomic E-state index is 9.06. The lowest BCUT2D eigenvalue weighted by atomic mass is 10.0. The second-order valence-corrected chi connectivity index (χ2v) is 6.43. The van der Waals surface area contributed by atoms with Crippen LogP contribution in [0, 0.1) is 5.92 Å². The van der Waals surface area contributed by atoms with Gasteiger partial charge < -0.3 is 15.7 Å². The Labute approximate surface area is 164 Å². The predicted octanol–water partition coefficient (Wildman–Crippen LogP) is 3.54. The van der Waals surface area contributed by atoms with Crippen molar-refractivity contribution < 1.29 is 5.11 Å². The minimum atomic E-state index is 0. The monoisotopic (exact) mass is 447 g/mol. The van der Waals surface area contributed by atoms with Gasteiger partial charge in [0.1, 0.15) is 0 Å². The standard InChI is InChI=1S/C19H33N3O.HI/c1-5-20-19(22-13-16(4)14-23)21-12-6-7-17-8-10-18(11-9-17)15(2)3;/h8-11,15-16,23H,5-7,12-14H2,1-4H3,(H2,20,21,22);1H. The number of aliphatic imine (C=N–C) groups is 1. The summed E-state index contributed by atoms with van der Waals surface area (Å²) in [5.74, 6) is 1.62. The number of nitrogens with zero attached hydrogens (tertiary/aromatic N) is 1. The van der Waals surface area contributed by atoms with Crippen LogP contribution in [0.15, 0.2) is 29.3 Å². The maximum atomic E-state index is 9.06. The van der Waals surface area contributed by atoms with Crippen molar-refractivity contribution in [1.82, 2.24) is 10.6 Å². The van der Waals surface area contributed by atoms with Crippen LogP contribution in [-0.2, 0) is 6.42 Å². The molecule has 24 heavy (non-hydrogen) atoms. The number of guanidine groups is 1. The van der Waals surface area contributed by atoms with Gasteiger partial charge >= 0.3 is 0 Å². The smallest absolute Gasteiger partial charge is 0.191 e. The third kappa shape index (κ3) is 9.47. The molecule has 5 heteroatoms. The third-order valence-corrected chi connectivity index (χ3v) is 3.80. The number of nitrogens with one attached hydrogen (secondary N) is 2. The van der Waals surface area contributed by atoms with Crippen molar-refractivity contribution in [2.45, 2.75) is 46.5 Å². The number of rotatable bonds is 9. The second kappa shape index (κ2) is 13.5. The number of hydrogen-bond donors (Lipinski definition) is 3. The third-order valence-electron chi connectivity index (χ3n) is 3.80. The number of hydrogen-bond acceptors (Lipinski definition) is 2. The summed E-state index contributed by atoms with van der Waals surface area (Å²) in [6, 6.07) is 8.93. The Bertz CT molecular complexity index is 460. The Morgan fingerprint density at radius 2 is 1.79 bits per heavy atom. The second-order valence-electron chi connectivity index (χ2n) is 6.43. The van der Waals surface area contributed by atoms with Crippen LogP contribution in [-0.4, -0.2) is 37.3 Å². The Morgan fingerprint density at radius 3 is 2.33 bits per heavy atom. The van der Waals surface area contributed by atoms with Gasteiger partial charge in [-0.3, -0.25) is 4.99 Å². The highest BCUT2D eigenvalue weighted by atomic mass is 127. The molecule has 0 saturated heterocycles. The first kappa shape index (κ1) is 23.2. The number of aliphatic hydroxyl groups excluding tert-OH is 1. The van der Waals surface area contributed by atoms with E-state index < -0.39 is 0 Å². The normalized spacial score (nSPS) is 12.7. The van der Waals surface area contributed by atoms with Gasteiger partial charge in [0.15, 0.2) is 5.96 Å². The molecule has 1 rings (SSSR count). The molecule has 0 aliphatic heterocycles. The first-order valence-electron chi connectivity index (χ1n) is 8.78. The summed E-state index contributed by atoms with van der Waals surface area (Å²) in [6.45, 7) is 11.0. The lowest BCUT2D eigenvalue weighted by Gasteiger charge is -2.12. The van der Waals surface area contributed by atoms with Gasteiger partial charge in [0.2, 0.25) is 0 Å². The molecule has 0 fully saturated rings. The SMILES string of the molecule is CCNC(=NCC(C)CO)NCCCc1ccc(C(C)C)cc1.I. The van der Waals surface area contributed by atoms with Gasteiger partial charge in [-0.2, -0.15) is 0 Å². The van der Waals surface area contributed by atoms with Crippen LogP contribution in [0.5, 0.6) is 0 Å². The number of aryl methyl sites for hydroxylation is 1.